The molecule has 2 aromatic rings. The van der Waals surface area contributed by atoms with Gasteiger partial charge < -0.3 is 15.1 Å². The lowest BCUT2D eigenvalue weighted by molar-refractivity contribution is -0.116. The standard InChI is InChI=1S/C17H20BrN5O2/c1-11-9-12(18)5-6-13(11)19-16(24)10-23(4)17(25)14-7-8-15(21-20-14)22(2)3/h5-9H,10H2,1-4H3,(H,19,24). The van der Waals surface area contributed by atoms with Gasteiger partial charge in [0.05, 0.1) is 6.54 Å². The summed E-state index contributed by atoms with van der Waals surface area (Å²) in [5, 5.41) is 10.7. The average molecular weight is 406 g/mol. The van der Waals surface area contributed by atoms with Crippen LogP contribution in [0.2, 0.25) is 0 Å². The fraction of sp³-hybridized carbons (Fsp3) is 0.294. The molecule has 0 bridgehead atoms. The Labute approximate surface area is 155 Å². The number of hydrogen-bond donors (Lipinski definition) is 1. The van der Waals surface area contributed by atoms with E-state index in [9.17, 15) is 9.59 Å². The fourth-order valence-electron chi connectivity index (χ4n) is 2.12. The normalized spacial score (nSPS) is 10.3. The molecule has 0 atom stereocenters. The molecule has 1 heterocycles. The Morgan fingerprint density at radius 3 is 2.40 bits per heavy atom. The van der Waals surface area contributed by atoms with E-state index in [0.29, 0.717) is 11.5 Å². The van der Waals surface area contributed by atoms with Gasteiger partial charge in [0.2, 0.25) is 5.91 Å². The Kier molecular flexibility index (Phi) is 6.08. The van der Waals surface area contributed by atoms with Gasteiger partial charge in [-0.05, 0) is 42.8 Å². The second-order valence-corrected chi connectivity index (χ2v) is 6.76. The molecule has 0 fully saturated rings. The van der Waals surface area contributed by atoms with Crippen LogP contribution in [0.3, 0.4) is 0 Å². The van der Waals surface area contributed by atoms with Crippen molar-refractivity contribution >= 4 is 39.2 Å². The number of nitrogens with one attached hydrogen (secondary N) is 1. The predicted octanol–water partition coefficient (Wildman–Crippen LogP) is 2.32. The topological polar surface area (TPSA) is 78.4 Å². The van der Waals surface area contributed by atoms with Gasteiger partial charge in [-0.2, -0.15) is 0 Å². The number of benzene rings is 1. The van der Waals surface area contributed by atoms with E-state index >= 15 is 0 Å². The zero-order valence-corrected chi connectivity index (χ0v) is 16.2. The highest BCUT2D eigenvalue weighted by Gasteiger charge is 2.17. The number of amides is 2. The minimum Gasteiger partial charge on any atom is -0.361 e. The van der Waals surface area contributed by atoms with Crippen LogP contribution < -0.4 is 10.2 Å². The lowest BCUT2D eigenvalue weighted by Gasteiger charge is -2.17. The minimum absolute atomic E-state index is 0.0779. The number of nitrogens with zero attached hydrogens (tertiary/aromatic N) is 4. The van der Waals surface area contributed by atoms with Crippen molar-refractivity contribution in [3.05, 3.63) is 46.1 Å². The molecule has 0 aliphatic carbocycles. The highest BCUT2D eigenvalue weighted by molar-refractivity contribution is 9.10. The summed E-state index contributed by atoms with van der Waals surface area (Å²) in [5.74, 6) is 0.0160. The summed E-state index contributed by atoms with van der Waals surface area (Å²) in [6, 6.07) is 8.87. The minimum atomic E-state index is -0.361. The highest BCUT2D eigenvalue weighted by atomic mass is 79.9. The Hall–Kier alpha value is -2.48. The van der Waals surface area contributed by atoms with Crippen LogP contribution in [-0.4, -0.2) is 54.6 Å². The number of aryl methyl sites for hydroxylation is 1. The molecule has 8 heteroatoms. The molecule has 0 saturated carbocycles. The van der Waals surface area contributed by atoms with Gasteiger partial charge in [0, 0.05) is 31.3 Å². The first-order valence-electron chi connectivity index (χ1n) is 7.60. The van der Waals surface area contributed by atoms with Gasteiger partial charge in [-0.25, -0.2) is 0 Å². The largest absolute Gasteiger partial charge is 0.361 e. The van der Waals surface area contributed by atoms with E-state index in [1.165, 1.54) is 4.90 Å². The van der Waals surface area contributed by atoms with E-state index in [2.05, 4.69) is 31.4 Å². The van der Waals surface area contributed by atoms with Crippen molar-refractivity contribution in [3.8, 4) is 0 Å². The Morgan fingerprint density at radius 2 is 1.84 bits per heavy atom. The first-order valence-corrected chi connectivity index (χ1v) is 8.39. The fourth-order valence-corrected chi connectivity index (χ4v) is 2.59. The molecule has 132 valence electrons. The van der Waals surface area contributed by atoms with Crippen LogP contribution in [0.15, 0.2) is 34.8 Å². The van der Waals surface area contributed by atoms with Crippen molar-refractivity contribution < 1.29 is 9.59 Å². The smallest absolute Gasteiger partial charge is 0.274 e. The van der Waals surface area contributed by atoms with E-state index in [0.717, 1.165) is 10.0 Å². The monoisotopic (exact) mass is 405 g/mol. The molecule has 1 aromatic carbocycles. The van der Waals surface area contributed by atoms with Crippen molar-refractivity contribution in [2.24, 2.45) is 0 Å². The van der Waals surface area contributed by atoms with Crippen molar-refractivity contribution in [2.45, 2.75) is 6.92 Å². The summed E-state index contributed by atoms with van der Waals surface area (Å²) >= 11 is 3.38. The van der Waals surface area contributed by atoms with Crippen molar-refractivity contribution in [1.82, 2.24) is 15.1 Å². The highest BCUT2D eigenvalue weighted by Crippen LogP contribution is 2.20. The molecule has 0 aliphatic rings. The van der Waals surface area contributed by atoms with Crippen LogP contribution in [0.1, 0.15) is 16.1 Å². The summed E-state index contributed by atoms with van der Waals surface area (Å²) in [6.45, 7) is 1.82. The lowest BCUT2D eigenvalue weighted by Crippen LogP contribution is -2.35. The van der Waals surface area contributed by atoms with Crippen LogP contribution in [0, 0.1) is 6.92 Å². The van der Waals surface area contributed by atoms with Crippen LogP contribution in [0.4, 0.5) is 11.5 Å². The van der Waals surface area contributed by atoms with E-state index in [-0.39, 0.29) is 24.1 Å². The summed E-state index contributed by atoms with van der Waals surface area (Å²) < 4.78 is 0.940. The summed E-state index contributed by atoms with van der Waals surface area (Å²) in [7, 11) is 5.23. The van der Waals surface area contributed by atoms with E-state index < -0.39 is 0 Å². The first kappa shape index (κ1) is 18.9. The number of aromatic nitrogens is 2. The molecule has 25 heavy (non-hydrogen) atoms. The third-order valence-corrected chi connectivity index (χ3v) is 4.01. The number of rotatable bonds is 5. The summed E-state index contributed by atoms with van der Waals surface area (Å²) in [5.41, 5.74) is 1.84. The predicted molar refractivity (Wildman–Crippen MR) is 101 cm³/mol. The van der Waals surface area contributed by atoms with Crippen LogP contribution in [0.5, 0.6) is 0 Å². The van der Waals surface area contributed by atoms with Gasteiger partial charge in [-0.15, -0.1) is 10.2 Å². The SMILES string of the molecule is Cc1cc(Br)ccc1NC(=O)CN(C)C(=O)c1ccc(N(C)C)nn1. The van der Waals surface area contributed by atoms with Gasteiger partial charge >= 0.3 is 0 Å². The zero-order chi connectivity index (χ0) is 18.6. The molecule has 0 radical (unpaired) electrons. The molecule has 2 rings (SSSR count). The maximum atomic E-state index is 12.3. The van der Waals surface area contributed by atoms with Gasteiger partial charge in [0.15, 0.2) is 11.5 Å². The van der Waals surface area contributed by atoms with E-state index in [4.69, 9.17) is 0 Å². The molecule has 0 saturated heterocycles. The Balaban J connectivity index is 1.99. The van der Waals surface area contributed by atoms with Gasteiger partial charge in [0.25, 0.3) is 5.91 Å². The lowest BCUT2D eigenvalue weighted by atomic mass is 10.2. The van der Waals surface area contributed by atoms with Crippen molar-refractivity contribution in [2.75, 3.05) is 37.9 Å². The van der Waals surface area contributed by atoms with Gasteiger partial charge in [-0.1, -0.05) is 15.9 Å². The van der Waals surface area contributed by atoms with Crippen LogP contribution in [-0.2, 0) is 4.79 Å². The average Bonchev–Trinajstić information content (AvgIpc) is 2.56. The molecular formula is C17H20BrN5O2. The zero-order valence-electron chi connectivity index (χ0n) is 14.6. The van der Waals surface area contributed by atoms with E-state index in [1.54, 1.807) is 24.1 Å². The van der Waals surface area contributed by atoms with Gasteiger partial charge in [0.1, 0.15) is 0 Å². The number of carbonyl (C=O) groups excluding carboxylic acids is 2. The quantitative estimate of drug-likeness (QED) is 0.825. The van der Waals surface area contributed by atoms with Crippen molar-refractivity contribution in [1.29, 1.82) is 0 Å². The Bertz CT molecular complexity index is 777. The maximum absolute atomic E-state index is 12.3. The Morgan fingerprint density at radius 1 is 1.12 bits per heavy atom. The molecule has 1 N–H and O–H groups in total. The number of likely N-dealkylation sites (N-methyl/N-ethyl adjacent to an activating group) is 1. The second kappa shape index (κ2) is 8.06. The summed E-state index contributed by atoms with van der Waals surface area (Å²) in [4.78, 5) is 27.6. The number of hydrogen-bond acceptors (Lipinski definition) is 5. The maximum Gasteiger partial charge on any atom is 0.274 e. The molecule has 0 spiro atoms. The molecule has 0 unspecified atom stereocenters. The van der Waals surface area contributed by atoms with Crippen molar-refractivity contribution in [3.63, 3.8) is 0 Å². The second-order valence-electron chi connectivity index (χ2n) is 5.84. The molecule has 0 aliphatic heterocycles. The molecule has 1 aromatic heterocycles. The van der Waals surface area contributed by atoms with Crippen LogP contribution >= 0.6 is 15.9 Å². The van der Waals surface area contributed by atoms with Crippen LogP contribution in [0.25, 0.3) is 0 Å². The first-order chi connectivity index (χ1) is 11.8. The van der Waals surface area contributed by atoms with Gasteiger partial charge in [-0.3, -0.25) is 9.59 Å². The third kappa shape index (κ3) is 4.99. The van der Waals surface area contributed by atoms with E-state index in [1.807, 2.05) is 39.2 Å². The molecule has 7 nitrogen and oxygen atoms in total. The number of halogens is 1. The number of carbonyl (C=O) groups is 2. The summed E-state index contributed by atoms with van der Waals surface area (Å²) in [6.07, 6.45) is 0. The third-order valence-electron chi connectivity index (χ3n) is 3.52. The molecule has 2 amide bonds. The number of anilines is 2. The molecular weight excluding hydrogens is 386 g/mol.